The zero-order valence-corrected chi connectivity index (χ0v) is 13.7. The molecule has 0 heterocycles. The molecule has 0 bridgehead atoms. The second-order valence-corrected chi connectivity index (χ2v) is 5.59. The van der Waals surface area contributed by atoms with Crippen LogP contribution in [-0.4, -0.2) is 13.0 Å². The molecule has 24 heavy (non-hydrogen) atoms. The summed E-state index contributed by atoms with van der Waals surface area (Å²) in [7, 11) is 1.62. The van der Waals surface area contributed by atoms with Crippen molar-refractivity contribution in [3.63, 3.8) is 0 Å². The minimum absolute atomic E-state index is 0.128. The van der Waals surface area contributed by atoms with Crippen LogP contribution in [0.15, 0.2) is 72.8 Å². The Hall–Kier alpha value is -3.07. The van der Waals surface area contributed by atoms with E-state index in [9.17, 15) is 4.79 Å². The van der Waals surface area contributed by atoms with Gasteiger partial charge in [-0.2, -0.15) is 0 Å². The molecule has 3 aromatic rings. The number of aryl methyl sites for hydroxylation is 1. The Kier molecular flexibility index (Phi) is 4.62. The maximum Gasteiger partial charge on any atom is 0.256 e. The summed E-state index contributed by atoms with van der Waals surface area (Å²) in [5.41, 5.74) is 4.53. The first kappa shape index (κ1) is 15.8. The van der Waals surface area contributed by atoms with E-state index in [2.05, 4.69) is 5.32 Å². The van der Waals surface area contributed by atoms with E-state index in [1.54, 1.807) is 7.11 Å². The summed E-state index contributed by atoms with van der Waals surface area (Å²) in [5, 5.41) is 2.94. The fourth-order valence-electron chi connectivity index (χ4n) is 2.54. The summed E-state index contributed by atoms with van der Waals surface area (Å²) in [5.74, 6) is 0.629. The van der Waals surface area contributed by atoms with Crippen LogP contribution in [0.1, 0.15) is 15.9 Å². The molecule has 0 radical (unpaired) electrons. The lowest BCUT2D eigenvalue weighted by atomic mass is 9.98. The smallest absolute Gasteiger partial charge is 0.256 e. The fourth-order valence-corrected chi connectivity index (χ4v) is 2.54. The van der Waals surface area contributed by atoms with Crippen LogP contribution >= 0.6 is 0 Å². The Morgan fingerprint density at radius 3 is 2.21 bits per heavy atom. The second kappa shape index (κ2) is 7.01. The molecule has 1 N–H and O–H groups in total. The molecule has 3 aromatic carbocycles. The van der Waals surface area contributed by atoms with E-state index in [0.717, 1.165) is 22.6 Å². The molecule has 0 unspecified atom stereocenters. The van der Waals surface area contributed by atoms with Crippen LogP contribution in [0.4, 0.5) is 5.69 Å². The van der Waals surface area contributed by atoms with Gasteiger partial charge in [0.25, 0.3) is 5.91 Å². The highest BCUT2D eigenvalue weighted by molar-refractivity contribution is 6.08. The summed E-state index contributed by atoms with van der Waals surface area (Å²) in [4.78, 5) is 12.7. The van der Waals surface area contributed by atoms with Gasteiger partial charge in [-0.3, -0.25) is 4.79 Å². The van der Waals surface area contributed by atoms with Gasteiger partial charge >= 0.3 is 0 Å². The number of methoxy groups -OCH3 is 1. The van der Waals surface area contributed by atoms with Gasteiger partial charge in [0.1, 0.15) is 5.75 Å². The maximum absolute atomic E-state index is 12.7. The molecule has 3 heteroatoms. The van der Waals surface area contributed by atoms with E-state index in [-0.39, 0.29) is 5.91 Å². The zero-order valence-electron chi connectivity index (χ0n) is 13.7. The van der Waals surface area contributed by atoms with Crippen LogP contribution < -0.4 is 10.1 Å². The number of hydrogen-bond acceptors (Lipinski definition) is 2. The predicted molar refractivity (Wildman–Crippen MR) is 97.6 cm³/mol. The monoisotopic (exact) mass is 317 g/mol. The highest BCUT2D eigenvalue weighted by atomic mass is 16.5. The molecule has 1 amide bonds. The average molecular weight is 317 g/mol. The third-order valence-corrected chi connectivity index (χ3v) is 3.88. The number of anilines is 1. The summed E-state index contributed by atoms with van der Waals surface area (Å²) in [6.45, 7) is 2.05. The number of carbonyl (C=O) groups is 1. The normalized spacial score (nSPS) is 10.2. The summed E-state index contributed by atoms with van der Waals surface area (Å²) >= 11 is 0. The number of benzene rings is 3. The topological polar surface area (TPSA) is 38.3 Å². The number of hydrogen-bond donors (Lipinski definition) is 1. The van der Waals surface area contributed by atoms with Crippen molar-refractivity contribution in [3.05, 3.63) is 83.9 Å². The SMILES string of the molecule is COc1ccc(NC(=O)c2ccccc2-c2ccc(C)cc2)cc1. The minimum Gasteiger partial charge on any atom is -0.497 e. The van der Waals surface area contributed by atoms with Gasteiger partial charge < -0.3 is 10.1 Å². The molecule has 0 spiro atoms. The number of nitrogens with one attached hydrogen (secondary N) is 1. The molecule has 120 valence electrons. The van der Waals surface area contributed by atoms with Crippen LogP contribution in [0.2, 0.25) is 0 Å². The van der Waals surface area contributed by atoms with Gasteiger partial charge in [0, 0.05) is 11.3 Å². The number of ether oxygens (including phenoxy) is 1. The Labute approximate surface area is 141 Å². The van der Waals surface area contributed by atoms with Crippen molar-refractivity contribution in [2.45, 2.75) is 6.92 Å². The summed E-state index contributed by atoms with van der Waals surface area (Å²) < 4.78 is 5.13. The molecule has 0 aliphatic rings. The molecule has 0 aromatic heterocycles. The molecule has 0 fully saturated rings. The highest BCUT2D eigenvalue weighted by Crippen LogP contribution is 2.25. The maximum atomic E-state index is 12.7. The van der Waals surface area contributed by atoms with Gasteiger partial charge in [0.2, 0.25) is 0 Å². The lowest BCUT2D eigenvalue weighted by molar-refractivity contribution is 0.102. The number of amides is 1. The Balaban J connectivity index is 1.88. The molecule has 0 atom stereocenters. The van der Waals surface area contributed by atoms with Crippen LogP contribution in [0, 0.1) is 6.92 Å². The van der Waals surface area contributed by atoms with E-state index in [1.165, 1.54) is 5.56 Å². The Morgan fingerprint density at radius 2 is 1.54 bits per heavy atom. The highest BCUT2D eigenvalue weighted by Gasteiger charge is 2.12. The third-order valence-electron chi connectivity index (χ3n) is 3.88. The van der Waals surface area contributed by atoms with Crippen LogP contribution in [0.25, 0.3) is 11.1 Å². The standard InChI is InChI=1S/C21H19NO2/c1-15-7-9-16(10-8-15)19-5-3-4-6-20(19)21(23)22-17-11-13-18(24-2)14-12-17/h3-14H,1-2H3,(H,22,23). The number of carbonyl (C=O) groups excluding carboxylic acids is 1. The van der Waals surface area contributed by atoms with Crippen molar-refractivity contribution in [1.82, 2.24) is 0 Å². The van der Waals surface area contributed by atoms with E-state index in [1.807, 2.05) is 79.7 Å². The van der Waals surface area contributed by atoms with Gasteiger partial charge in [0.05, 0.1) is 7.11 Å². The first-order valence-electron chi connectivity index (χ1n) is 7.79. The van der Waals surface area contributed by atoms with E-state index in [0.29, 0.717) is 5.56 Å². The molecule has 3 nitrogen and oxygen atoms in total. The van der Waals surface area contributed by atoms with Gasteiger partial charge in [0.15, 0.2) is 0 Å². The quantitative estimate of drug-likeness (QED) is 0.741. The first-order valence-corrected chi connectivity index (χ1v) is 7.79. The van der Waals surface area contributed by atoms with Crippen molar-refractivity contribution in [2.75, 3.05) is 12.4 Å². The lowest BCUT2D eigenvalue weighted by Gasteiger charge is -2.11. The zero-order chi connectivity index (χ0) is 16.9. The largest absolute Gasteiger partial charge is 0.497 e. The molecule has 0 aliphatic carbocycles. The fraction of sp³-hybridized carbons (Fsp3) is 0.0952. The third kappa shape index (κ3) is 3.46. The van der Waals surface area contributed by atoms with Crippen molar-refractivity contribution in [1.29, 1.82) is 0 Å². The van der Waals surface area contributed by atoms with Crippen LogP contribution in [0.3, 0.4) is 0 Å². The van der Waals surface area contributed by atoms with Gasteiger partial charge in [-0.05, 0) is 48.4 Å². The second-order valence-electron chi connectivity index (χ2n) is 5.59. The van der Waals surface area contributed by atoms with E-state index < -0.39 is 0 Å². The van der Waals surface area contributed by atoms with Crippen LogP contribution in [0.5, 0.6) is 5.75 Å². The predicted octanol–water partition coefficient (Wildman–Crippen LogP) is 4.92. The molecule has 0 saturated carbocycles. The molecule has 3 rings (SSSR count). The molecular weight excluding hydrogens is 298 g/mol. The summed E-state index contributed by atoms with van der Waals surface area (Å²) in [6.07, 6.45) is 0. The average Bonchev–Trinajstić information content (AvgIpc) is 2.63. The van der Waals surface area contributed by atoms with Crippen LogP contribution in [-0.2, 0) is 0 Å². The van der Waals surface area contributed by atoms with Crippen molar-refractivity contribution in [3.8, 4) is 16.9 Å². The summed E-state index contributed by atoms with van der Waals surface area (Å²) in [6, 6.07) is 23.1. The molecule has 0 saturated heterocycles. The molecule has 0 aliphatic heterocycles. The van der Waals surface area contributed by atoms with Crippen molar-refractivity contribution < 1.29 is 9.53 Å². The Morgan fingerprint density at radius 1 is 0.875 bits per heavy atom. The van der Waals surface area contributed by atoms with Gasteiger partial charge in [-0.15, -0.1) is 0 Å². The van der Waals surface area contributed by atoms with Gasteiger partial charge in [-0.1, -0.05) is 48.0 Å². The number of rotatable bonds is 4. The first-order chi connectivity index (χ1) is 11.7. The Bertz CT molecular complexity index is 836. The van der Waals surface area contributed by atoms with E-state index in [4.69, 9.17) is 4.74 Å². The van der Waals surface area contributed by atoms with Crippen molar-refractivity contribution in [2.24, 2.45) is 0 Å². The van der Waals surface area contributed by atoms with Gasteiger partial charge in [-0.25, -0.2) is 0 Å². The lowest BCUT2D eigenvalue weighted by Crippen LogP contribution is -2.13. The minimum atomic E-state index is -0.128. The molecular formula is C21H19NO2. The van der Waals surface area contributed by atoms with Crippen molar-refractivity contribution >= 4 is 11.6 Å². The van der Waals surface area contributed by atoms with E-state index >= 15 is 0 Å².